The van der Waals surface area contributed by atoms with Gasteiger partial charge in [-0.05, 0) is 18.2 Å². The van der Waals surface area contributed by atoms with Crippen LogP contribution >= 0.6 is 15.9 Å². The van der Waals surface area contributed by atoms with Gasteiger partial charge in [0.2, 0.25) is 5.82 Å². The van der Waals surface area contributed by atoms with E-state index in [1.807, 2.05) is 0 Å². The number of nitrogens with zero attached hydrogens (tertiary/aromatic N) is 2. The molecule has 9 heteroatoms. The van der Waals surface area contributed by atoms with Crippen LogP contribution in [0.3, 0.4) is 0 Å². The van der Waals surface area contributed by atoms with Gasteiger partial charge in [0, 0.05) is 27.9 Å². The Bertz CT molecular complexity index is 829. The molecule has 0 aromatic heterocycles. The van der Waals surface area contributed by atoms with Gasteiger partial charge in [-0.1, -0.05) is 15.9 Å². The number of anilines is 2. The van der Waals surface area contributed by atoms with Crippen molar-refractivity contribution in [3.05, 3.63) is 62.1 Å². The van der Waals surface area contributed by atoms with Crippen molar-refractivity contribution < 1.29 is 13.7 Å². The number of nitro benzene ring substituents is 1. The second kappa shape index (κ2) is 5.92. The van der Waals surface area contributed by atoms with Crippen LogP contribution in [0.4, 0.5) is 25.8 Å². The summed E-state index contributed by atoms with van der Waals surface area (Å²) >= 11 is 3.16. The third-order valence-electron chi connectivity index (χ3n) is 3.28. The minimum atomic E-state index is -0.954. The predicted octanol–water partition coefficient (Wildman–Crippen LogP) is 4.20. The average molecular weight is 383 g/mol. The third kappa shape index (κ3) is 3.00. The summed E-state index contributed by atoms with van der Waals surface area (Å²) in [5, 5.41) is 16.4. The molecular formula is C14H9BrF2N4O2. The molecule has 0 amide bonds. The number of benzene rings is 2. The first-order valence-corrected chi connectivity index (χ1v) is 7.22. The second-order valence-electron chi connectivity index (χ2n) is 4.74. The van der Waals surface area contributed by atoms with Crippen LogP contribution < -0.4 is 10.6 Å². The molecule has 23 heavy (non-hydrogen) atoms. The van der Waals surface area contributed by atoms with Gasteiger partial charge in [-0.15, -0.1) is 0 Å². The second-order valence-corrected chi connectivity index (χ2v) is 5.66. The zero-order valence-electron chi connectivity index (χ0n) is 11.4. The third-order valence-corrected chi connectivity index (χ3v) is 3.77. The first kappa shape index (κ1) is 15.3. The standard InChI is InChI=1S/C14H9BrF2N4O2/c15-7-1-2-11(9(16)3-7)20-14-8-4-13(21(22)23)10(17)5-12(8)18-6-19-14/h1-6,14,20H,(H,18,19). The summed E-state index contributed by atoms with van der Waals surface area (Å²) in [6.07, 6.45) is 0.545. The van der Waals surface area contributed by atoms with Crippen LogP contribution in [0.5, 0.6) is 0 Å². The van der Waals surface area contributed by atoms with Crippen LogP contribution in [0.15, 0.2) is 39.8 Å². The molecule has 0 fully saturated rings. The quantitative estimate of drug-likeness (QED) is 0.615. The highest BCUT2D eigenvalue weighted by atomic mass is 79.9. The highest BCUT2D eigenvalue weighted by molar-refractivity contribution is 9.10. The highest BCUT2D eigenvalue weighted by Gasteiger charge is 2.25. The van der Waals surface area contributed by atoms with Crippen molar-refractivity contribution in [2.75, 3.05) is 10.6 Å². The van der Waals surface area contributed by atoms with Gasteiger partial charge in [0.1, 0.15) is 12.0 Å². The summed E-state index contributed by atoms with van der Waals surface area (Å²) in [4.78, 5) is 14.2. The fourth-order valence-corrected chi connectivity index (χ4v) is 2.53. The lowest BCUT2D eigenvalue weighted by molar-refractivity contribution is -0.387. The lowest BCUT2D eigenvalue weighted by atomic mass is 10.1. The monoisotopic (exact) mass is 382 g/mol. The maximum absolute atomic E-state index is 13.9. The number of aliphatic imine (C=N–C) groups is 1. The largest absolute Gasteiger partial charge is 0.358 e. The summed E-state index contributed by atoms with van der Waals surface area (Å²) < 4.78 is 28.2. The van der Waals surface area contributed by atoms with Gasteiger partial charge in [-0.25, -0.2) is 9.38 Å². The highest BCUT2D eigenvalue weighted by Crippen LogP contribution is 2.35. The van der Waals surface area contributed by atoms with Crippen LogP contribution in [0, 0.1) is 21.7 Å². The minimum Gasteiger partial charge on any atom is -0.358 e. The van der Waals surface area contributed by atoms with E-state index in [1.54, 1.807) is 6.07 Å². The Morgan fingerprint density at radius 2 is 2.04 bits per heavy atom. The molecule has 3 rings (SSSR count). The molecule has 1 heterocycles. The van der Waals surface area contributed by atoms with E-state index in [2.05, 4.69) is 31.6 Å². The molecule has 0 radical (unpaired) electrons. The Morgan fingerprint density at radius 3 is 2.74 bits per heavy atom. The van der Waals surface area contributed by atoms with Gasteiger partial charge in [-0.3, -0.25) is 10.1 Å². The van der Waals surface area contributed by atoms with E-state index < -0.39 is 28.4 Å². The van der Waals surface area contributed by atoms with E-state index in [0.717, 1.165) is 12.1 Å². The van der Waals surface area contributed by atoms with Crippen LogP contribution in [-0.2, 0) is 0 Å². The van der Waals surface area contributed by atoms with Crippen molar-refractivity contribution in [2.24, 2.45) is 4.99 Å². The van der Waals surface area contributed by atoms with Crippen molar-refractivity contribution in [3.63, 3.8) is 0 Å². The summed E-state index contributed by atoms with van der Waals surface area (Å²) in [6.45, 7) is 0. The summed E-state index contributed by atoms with van der Waals surface area (Å²) in [5.74, 6) is -1.46. The Morgan fingerprint density at radius 1 is 1.26 bits per heavy atom. The van der Waals surface area contributed by atoms with E-state index >= 15 is 0 Å². The maximum atomic E-state index is 13.9. The van der Waals surface area contributed by atoms with E-state index in [0.29, 0.717) is 15.7 Å². The van der Waals surface area contributed by atoms with E-state index in [9.17, 15) is 18.9 Å². The van der Waals surface area contributed by atoms with E-state index in [1.165, 1.54) is 18.5 Å². The zero-order chi connectivity index (χ0) is 16.6. The Balaban J connectivity index is 1.99. The molecule has 0 saturated carbocycles. The number of nitro groups is 1. The van der Waals surface area contributed by atoms with Gasteiger partial charge in [-0.2, -0.15) is 4.39 Å². The number of halogens is 3. The molecule has 1 aliphatic heterocycles. The van der Waals surface area contributed by atoms with Gasteiger partial charge in [0.05, 0.1) is 16.9 Å². The van der Waals surface area contributed by atoms with Gasteiger partial charge < -0.3 is 10.6 Å². The molecule has 2 aromatic carbocycles. The van der Waals surface area contributed by atoms with Crippen molar-refractivity contribution in [1.29, 1.82) is 0 Å². The smallest absolute Gasteiger partial charge is 0.305 e. The molecule has 1 unspecified atom stereocenters. The average Bonchev–Trinajstić information content (AvgIpc) is 2.49. The van der Waals surface area contributed by atoms with Crippen molar-refractivity contribution in [1.82, 2.24) is 0 Å². The molecule has 6 nitrogen and oxygen atoms in total. The lowest BCUT2D eigenvalue weighted by Gasteiger charge is -2.23. The fourth-order valence-electron chi connectivity index (χ4n) is 2.20. The SMILES string of the molecule is O=[N+]([O-])c1cc2c(cc1F)NC=NC2Nc1ccc(Br)cc1F. The van der Waals surface area contributed by atoms with Gasteiger partial charge >= 0.3 is 5.69 Å². The molecule has 0 bridgehead atoms. The topological polar surface area (TPSA) is 79.6 Å². The van der Waals surface area contributed by atoms with Crippen LogP contribution in [0.25, 0.3) is 0 Å². The minimum absolute atomic E-state index is 0.176. The normalized spacial score (nSPS) is 15.7. The molecule has 1 atom stereocenters. The zero-order valence-corrected chi connectivity index (χ0v) is 13.0. The molecule has 1 aliphatic rings. The van der Waals surface area contributed by atoms with E-state index in [-0.39, 0.29) is 5.69 Å². The Labute approximate surface area is 137 Å². The number of hydrogen-bond donors (Lipinski definition) is 2. The lowest BCUT2D eigenvalue weighted by Crippen LogP contribution is -2.18. The summed E-state index contributed by atoms with van der Waals surface area (Å²) in [7, 11) is 0. The summed E-state index contributed by atoms with van der Waals surface area (Å²) in [5.41, 5.74) is 0.196. The van der Waals surface area contributed by atoms with Crippen molar-refractivity contribution >= 4 is 39.3 Å². The number of nitrogens with one attached hydrogen (secondary N) is 2. The van der Waals surface area contributed by atoms with Crippen LogP contribution in [0.2, 0.25) is 0 Å². The summed E-state index contributed by atoms with van der Waals surface area (Å²) in [6, 6.07) is 6.54. The Hall–Kier alpha value is -2.55. The molecule has 2 aromatic rings. The number of rotatable bonds is 3. The Kier molecular flexibility index (Phi) is 3.95. The molecular weight excluding hydrogens is 374 g/mol. The fraction of sp³-hybridized carbons (Fsp3) is 0.0714. The first-order chi connectivity index (χ1) is 11.0. The van der Waals surface area contributed by atoms with Crippen LogP contribution in [-0.4, -0.2) is 11.3 Å². The molecule has 0 saturated heterocycles. The molecule has 0 aliphatic carbocycles. The first-order valence-electron chi connectivity index (χ1n) is 6.43. The van der Waals surface area contributed by atoms with Crippen molar-refractivity contribution in [3.8, 4) is 0 Å². The predicted molar refractivity (Wildman–Crippen MR) is 85.6 cm³/mol. The molecule has 2 N–H and O–H groups in total. The van der Waals surface area contributed by atoms with E-state index in [4.69, 9.17) is 0 Å². The maximum Gasteiger partial charge on any atom is 0.305 e. The van der Waals surface area contributed by atoms with Crippen LogP contribution in [0.1, 0.15) is 11.7 Å². The number of hydrogen-bond acceptors (Lipinski definition) is 5. The van der Waals surface area contributed by atoms with Gasteiger partial charge in [0.25, 0.3) is 0 Å². The molecule has 0 spiro atoms. The molecule has 118 valence electrons. The van der Waals surface area contributed by atoms with Gasteiger partial charge in [0.15, 0.2) is 0 Å². The number of fused-ring (bicyclic) bond motifs is 1. The van der Waals surface area contributed by atoms with Crippen molar-refractivity contribution in [2.45, 2.75) is 6.17 Å².